The maximum atomic E-state index is 5.97. The fourth-order valence-corrected chi connectivity index (χ4v) is 2.64. The lowest BCUT2D eigenvalue weighted by Gasteiger charge is -2.13. The van der Waals surface area contributed by atoms with Crippen molar-refractivity contribution in [1.29, 1.82) is 0 Å². The van der Waals surface area contributed by atoms with Gasteiger partial charge in [0.1, 0.15) is 11.6 Å². The fourth-order valence-electron chi connectivity index (χ4n) is 2.52. The smallest absolute Gasteiger partial charge is 0.162 e. The van der Waals surface area contributed by atoms with Crippen LogP contribution in [0.3, 0.4) is 0 Å². The Bertz CT molecular complexity index is 856. The SMILES string of the molecule is COc1ccc(C(N)=S)cc1OCc1cccc2ccccc12. The second kappa shape index (κ2) is 6.67. The van der Waals surface area contributed by atoms with Crippen LogP contribution < -0.4 is 15.2 Å². The predicted octanol–water partition coefficient (Wildman–Crippen LogP) is 4.06. The molecule has 23 heavy (non-hydrogen) atoms. The van der Waals surface area contributed by atoms with E-state index in [1.165, 1.54) is 10.8 Å². The summed E-state index contributed by atoms with van der Waals surface area (Å²) in [6, 6.07) is 19.9. The number of benzene rings is 3. The molecule has 0 saturated carbocycles. The maximum Gasteiger partial charge on any atom is 0.162 e. The van der Waals surface area contributed by atoms with Gasteiger partial charge in [-0.25, -0.2) is 0 Å². The van der Waals surface area contributed by atoms with Crippen molar-refractivity contribution in [3.63, 3.8) is 0 Å². The van der Waals surface area contributed by atoms with Crippen LogP contribution in [-0.2, 0) is 6.61 Å². The normalized spacial score (nSPS) is 10.5. The van der Waals surface area contributed by atoms with Crippen molar-refractivity contribution in [3.8, 4) is 11.5 Å². The molecule has 116 valence electrons. The molecule has 3 nitrogen and oxygen atoms in total. The van der Waals surface area contributed by atoms with E-state index in [1.54, 1.807) is 7.11 Å². The van der Waals surface area contributed by atoms with Crippen LogP contribution >= 0.6 is 12.2 Å². The summed E-state index contributed by atoms with van der Waals surface area (Å²) < 4.78 is 11.3. The summed E-state index contributed by atoms with van der Waals surface area (Å²) in [4.78, 5) is 0.336. The molecular formula is C19H17NO2S. The van der Waals surface area contributed by atoms with Gasteiger partial charge in [0.25, 0.3) is 0 Å². The largest absolute Gasteiger partial charge is 0.493 e. The van der Waals surface area contributed by atoms with Crippen molar-refractivity contribution in [3.05, 3.63) is 71.8 Å². The van der Waals surface area contributed by atoms with Gasteiger partial charge in [-0.1, -0.05) is 54.7 Å². The van der Waals surface area contributed by atoms with Crippen LogP contribution in [0.1, 0.15) is 11.1 Å². The van der Waals surface area contributed by atoms with Gasteiger partial charge in [0.15, 0.2) is 11.5 Å². The Labute approximate surface area is 140 Å². The number of thiocarbonyl (C=S) groups is 1. The molecule has 3 rings (SSSR count). The third-order valence-corrected chi connectivity index (χ3v) is 3.95. The standard InChI is InChI=1S/C19H17NO2S/c1-21-17-10-9-14(19(20)23)11-18(17)22-12-15-7-4-6-13-5-2-3-8-16(13)15/h2-11H,12H2,1H3,(H2,20,23). The number of nitrogens with two attached hydrogens (primary N) is 1. The quantitative estimate of drug-likeness (QED) is 0.719. The molecule has 0 spiro atoms. The number of hydrogen-bond acceptors (Lipinski definition) is 3. The highest BCUT2D eigenvalue weighted by Gasteiger charge is 2.09. The molecule has 0 aliphatic heterocycles. The minimum absolute atomic E-state index is 0.336. The molecule has 0 aromatic heterocycles. The molecule has 3 aromatic rings. The fraction of sp³-hybridized carbons (Fsp3) is 0.105. The van der Waals surface area contributed by atoms with Crippen molar-refractivity contribution < 1.29 is 9.47 Å². The van der Waals surface area contributed by atoms with Crippen LogP contribution in [0.4, 0.5) is 0 Å². The molecule has 0 bridgehead atoms. The van der Waals surface area contributed by atoms with Gasteiger partial charge in [0.05, 0.1) is 7.11 Å². The summed E-state index contributed by atoms with van der Waals surface area (Å²) >= 11 is 5.02. The zero-order valence-corrected chi connectivity index (χ0v) is 13.6. The lowest BCUT2D eigenvalue weighted by atomic mass is 10.1. The van der Waals surface area contributed by atoms with Gasteiger partial charge >= 0.3 is 0 Å². The molecule has 3 aromatic carbocycles. The van der Waals surface area contributed by atoms with Crippen molar-refractivity contribution >= 4 is 28.0 Å². The molecule has 0 amide bonds. The van der Waals surface area contributed by atoms with Crippen LogP contribution in [0.15, 0.2) is 60.7 Å². The van der Waals surface area contributed by atoms with Crippen LogP contribution in [0, 0.1) is 0 Å². The molecule has 0 fully saturated rings. The lowest BCUT2D eigenvalue weighted by molar-refractivity contribution is 0.285. The summed E-state index contributed by atoms with van der Waals surface area (Å²) in [5.74, 6) is 1.29. The van der Waals surface area contributed by atoms with Crippen molar-refractivity contribution in [2.75, 3.05) is 7.11 Å². The van der Waals surface area contributed by atoms with E-state index in [2.05, 4.69) is 24.3 Å². The third-order valence-electron chi connectivity index (χ3n) is 3.71. The van der Waals surface area contributed by atoms with Gasteiger partial charge < -0.3 is 15.2 Å². The van der Waals surface area contributed by atoms with E-state index in [0.717, 1.165) is 11.1 Å². The first-order valence-electron chi connectivity index (χ1n) is 7.26. The van der Waals surface area contributed by atoms with Gasteiger partial charge in [-0.05, 0) is 34.5 Å². The third kappa shape index (κ3) is 3.27. The van der Waals surface area contributed by atoms with E-state index >= 15 is 0 Å². The van der Waals surface area contributed by atoms with Gasteiger partial charge in [0, 0.05) is 5.56 Å². The summed E-state index contributed by atoms with van der Waals surface area (Å²) in [7, 11) is 1.61. The molecule has 0 aliphatic carbocycles. The Balaban J connectivity index is 1.90. The maximum absolute atomic E-state index is 5.97. The molecule has 0 aliphatic rings. The number of hydrogen-bond donors (Lipinski definition) is 1. The Morgan fingerprint density at radius 1 is 1.00 bits per heavy atom. The Morgan fingerprint density at radius 2 is 1.78 bits per heavy atom. The van der Waals surface area contributed by atoms with Crippen molar-refractivity contribution in [1.82, 2.24) is 0 Å². The first kappa shape index (κ1) is 15.3. The second-order valence-electron chi connectivity index (χ2n) is 5.16. The topological polar surface area (TPSA) is 44.5 Å². The van der Waals surface area contributed by atoms with Crippen LogP contribution in [0.2, 0.25) is 0 Å². The minimum atomic E-state index is 0.336. The summed E-state index contributed by atoms with van der Waals surface area (Å²) in [6.45, 7) is 0.443. The lowest BCUT2D eigenvalue weighted by Crippen LogP contribution is -2.09. The number of ether oxygens (including phenoxy) is 2. The second-order valence-corrected chi connectivity index (χ2v) is 5.60. The van der Waals surface area contributed by atoms with E-state index in [0.29, 0.717) is 23.1 Å². The predicted molar refractivity (Wildman–Crippen MR) is 97.2 cm³/mol. The monoisotopic (exact) mass is 323 g/mol. The van der Waals surface area contributed by atoms with E-state index in [1.807, 2.05) is 36.4 Å². The van der Waals surface area contributed by atoms with Crippen molar-refractivity contribution in [2.24, 2.45) is 5.73 Å². The molecule has 0 saturated heterocycles. The van der Waals surface area contributed by atoms with Crippen LogP contribution in [0.25, 0.3) is 10.8 Å². The molecule has 4 heteroatoms. The van der Waals surface area contributed by atoms with Gasteiger partial charge in [-0.3, -0.25) is 0 Å². The number of methoxy groups -OCH3 is 1. The molecule has 0 heterocycles. The Morgan fingerprint density at radius 3 is 2.57 bits per heavy atom. The van der Waals surface area contributed by atoms with E-state index in [-0.39, 0.29) is 0 Å². The molecular weight excluding hydrogens is 306 g/mol. The van der Waals surface area contributed by atoms with E-state index in [9.17, 15) is 0 Å². The molecule has 2 N–H and O–H groups in total. The summed E-state index contributed by atoms with van der Waals surface area (Å²) in [6.07, 6.45) is 0. The van der Waals surface area contributed by atoms with E-state index in [4.69, 9.17) is 27.4 Å². The van der Waals surface area contributed by atoms with Gasteiger partial charge in [0.2, 0.25) is 0 Å². The Hall–Kier alpha value is -2.59. The van der Waals surface area contributed by atoms with Crippen molar-refractivity contribution in [2.45, 2.75) is 6.61 Å². The average Bonchev–Trinajstić information content (AvgIpc) is 2.59. The highest BCUT2D eigenvalue weighted by Crippen LogP contribution is 2.29. The van der Waals surface area contributed by atoms with Gasteiger partial charge in [-0.15, -0.1) is 0 Å². The summed E-state index contributed by atoms with van der Waals surface area (Å²) in [5, 5.41) is 2.37. The van der Waals surface area contributed by atoms with Crippen LogP contribution in [-0.4, -0.2) is 12.1 Å². The molecule has 0 atom stereocenters. The first-order chi connectivity index (χ1) is 11.2. The highest BCUT2D eigenvalue weighted by molar-refractivity contribution is 7.80. The zero-order valence-electron chi connectivity index (χ0n) is 12.8. The average molecular weight is 323 g/mol. The number of rotatable bonds is 5. The molecule has 0 unspecified atom stereocenters. The molecule has 0 radical (unpaired) electrons. The van der Waals surface area contributed by atoms with Gasteiger partial charge in [-0.2, -0.15) is 0 Å². The van der Waals surface area contributed by atoms with Crippen LogP contribution in [0.5, 0.6) is 11.5 Å². The summed E-state index contributed by atoms with van der Waals surface area (Å²) in [5.41, 5.74) is 7.57. The Kier molecular flexibility index (Phi) is 4.44. The number of fused-ring (bicyclic) bond motifs is 1. The highest BCUT2D eigenvalue weighted by atomic mass is 32.1. The zero-order chi connectivity index (χ0) is 16.2. The van der Waals surface area contributed by atoms with E-state index < -0.39 is 0 Å². The minimum Gasteiger partial charge on any atom is -0.493 e. The first-order valence-corrected chi connectivity index (χ1v) is 7.67.